The van der Waals surface area contributed by atoms with Crippen molar-refractivity contribution in [3.63, 3.8) is 0 Å². The fraction of sp³-hybridized carbons (Fsp3) is 0. The molecule has 0 bridgehead atoms. The summed E-state index contributed by atoms with van der Waals surface area (Å²) < 4.78 is 21.0. The van der Waals surface area contributed by atoms with Crippen molar-refractivity contribution < 1.29 is 13.2 Å². The second kappa shape index (κ2) is 3.57. The molecular weight excluding hydrogens is 236 g/mol. The van der Waals surface area contributed by atoms with Crippen molar-refractivity contribution >= 4 is 44.4 Å². The Morgan fingerprint density at radius 2 is 2.15 bits per heavy atom. The van der Waals surface area contributed by atoms with Crippen LogP contribution in [0.2, 0.25) is 0 Å². The van der Waals surface area contributed by atoms with Gasteiger partial charge in [0, 0.05) is 0 Å². The average Bonchev–Trinajstić information content (AvgIpc) is 2.32. The summed E-state index contributed by atoms with van der Waals surface area (Å²) in [5.41, 5.74) is 0. The largest absolute Gasteiger partial charge is 0.291 e. The Balaban J connectivity index is 2.94. The zero-order chi connectivity index (χ0) is 10.1. The molecule has 7 nitrogen and oxygen atoms in total. The minimum absolute atomic E-state index is 0.0315. The minimum atomic E-state index is -3.85. The summed E-state index contributed by atoms with van der Waals surface area (Å²) in [7, 11) is -3.85. The van der Waals surface area contributed by atoms with Crippen LogP contribution in [0.3, 0.4) is 0 Å². The van der Waals surface area contributed by atoms with Crippen LogP contribution in [0.5, 0.6) is 0 Å². The zero-order valence-corrected chi connectivity index (χ0v) is 8.49. The van der Waals surface area contributed by atoms with Crippen molar-refractivity contribution in [2.24, 2.45) is 5.14 Å². The molecule has 1 amide bonds. The Labute approximate surface area is 82.8 Å². The molecular formula is C3H4N4O3S3. The molecule has 0 aliphatic rings. The van der Waals surface area contributed by atoms with Gasteiger partial charge in [-0.15, -0.1) is 10.2 Å². The van der Waals surface area contributed by atoms with E-state index in [0.717, 1.165) is 0 Å². The van der Waals surface area contributed by atoms with Crippen molar-refractivity contribution in [3.05, 3.63) is 0 Å². The molecule has 1 heterocycles. The van der Waals surface area contributed by atoms with E-state index < -0.39 is 15.3 Å². The number of carbonyl (C=O) groups is 1. The van der Waals surface area contributed by atoms with Crippen LogP contribution in [-0.2, 0) is 10.0 Å². The second-order valence-electron chi connectivity index (χ2n) is 1.85. The molecule has 0 unspecified atom stereocenters. The average molecular weight is 240 g/mol. The molecule has 0 radical (unpaired) electrons. The summed E-state index contributed by atoms with van der Waals surface area (Å²) in [5.74, 6) is 0. The molecule has 0 spiro atoms. The summed E-state index contributed by atoms with van der Waals surface area (Å²) in [6.45, 7) is 0. The predicted octanol–water partition coefficient (Wildman–Crippen LogP) is -0.353. The van der Waals surface area contributed by atoms with Gasteiger partial charge >= 0.3 is 0 Å². The summed E-state index contributed by atoms with van der Waals surface area (Å²) in [4.78, 5) is 10.4. The van der Waals surface area contributed by atoms with E-state index in [1.54, 1.807) is 0 Å². The molecule has 1 rings (SSSR count). The molecule has 10 heteroatoms. The van der Waals surface area contributed by atoms with Gasteiger partial charge in [-0.2, -0.15) is 0 Å². The van der Waals surface area contributed by atoms with Crippen LogP contribution in [0.25, 0.3) is 0 Å². The van der Waals surface area contributed by atoms with Gasteiger partial charge in [0.05, 0.1) is 0 Å². The number of nitrogens with two attached hydrogens (primary N) is 1. The number of thiol groups is 1. The van der Waals surface area contributed by atoms with Crippen molar-refractivity contribution in [1.82, 2.24) is 10.2 Å². The summed E-state index contributed by atoms with van der Waals surface area (Å²) in [6, 6.07) is 0. The van der Waals surface area contributed by atoms with Gasteiger partial charge in [0.1, 0.15) is 0 Å². The van der Waals surface area contributed by atoms with E-state index in [-0.39, 0.29) is 9.47 Å². The van der Waals surface area contributed by atoms with Crippen LogP contribution in [0.15, 0.2) is 4.34 Å². The zero-order valence-electron chi connectivity index (χ0n) is 5.96. The monoisotopic (exact) mass is 240 g/mol. The molecule has 0 saturated heterocycles. The Morgan fingerprint density at radius 3 is 2.54 bits per heavy atom. The van der Waals surface area contributed by atoms with Crippen LogP contribution >= 0.6 is 24.0 Å². The maximum atomic E-state index is 10.7. The molecule has 13 heavy (non-hydrogen) atoms. The topological polar surface area (TPSA) is 115 Å². The smallest absolute Gasteiger partial charge is 0.282 e. The number of hydrogen-bond donors (Lipinski definition) is 3. The van der Waals surface area contributed by atoms with E-state index in [9.17, 15) is 13.2 Å². The highest BCUT2D eigenvalue weighted by Gasteiger charge is 2.15. The van der Waals surface area contributed by atoms with Crippen molar-refractivity contribution in [1.29, 1.82) is 0 Å². The van der Waals surface area contributed by atoms with Gasteiger partial charge < -0.3 is 0 Å². The number of amides is 1. The van der Waals surface area contributed by atoms with Gasteiger partial charge in [0.25, 0.3) is 15.3 Å². The number of nitrogens with zero attached hydrogens (tertiary/aromatic N) is 2. The van der Waals surface area contributed by atoms with Crippen molar-refractivity contribution in [2.45, 2.75) is 4.34 Å². The lowest BCUT2D eigenvalue weighted by molar-refractivity contribution is 0.270. The number of aromatic nitrogens is 2. The Kier molecular flexibility index (Phi) is 2.85. The van der Waals surface area contributed by atoms with Gasteiger partial charge in [-0.1, -0.05) is 24.0 Å². The Hall–Kier alpha value is -0.710. The third-order valence-electron chi connectivity index (χ3n) is 0.864. The molecule has 72 valence electrons. The fourth-order valence-corrected chi connectivity index (χ4v) is 1.98. The summed E-state index contributed by atoms with van der Waals surface area (Å²) in [6.07, 6.45) is 0. The molecule has 1 aromatic heterocycles. The third-order valence-corrected chi connectivity index (χ3v) is 3.12. The van der Waals surface area contributed by atoms with E-state index in [2.05, 4.69) is 28.1 Å². The van der Waals surface area contributed by atoms with Gasteiger partial charge in [-0.25, -0.2) is 13.6 Å². The lowest BCUT2D eigenvalue weighted by Gasteiger charge is -1.89. The van der Waals surface area contributed by atoms with Crippen molar-refractivity contribution in [2.75, 3.05) is 5.32 Å². The van der Waals surface area contributed by atoms with E-state index in [1.807, 2.05) is 0 Å². The van der Waals surface area contributed by atoms with E-state index in [4.69, 9.17) is 5.14 Å². The maximum Gasteiger partial charge on any atom is 0.282 e. The van der Waals surface area contributed by atoms with Gasteiger partial charge in [0.2, 0.25) is 9.47 Å². The van der Waals surface area contributed by atoms with Gasteiger partial charge in [0.15, 0.2) is 0 Å². The lowest BCUT2D eigenvalue weighted by atomic mass is 11.1. The Morgan fingerprint density at radius 1 is 1.54 bits per heavy atom. The molecule has 0 aliphatic heterocycles. The number of anilines is 1. The third kappa shape index (κ3) is 2.91. The first-order valence-corrected chi connectivity index (χ1v) is 5.57. The quantitative estimate of drug-likeness (QED) is 0.482. The molecule has 0 saturated carbocycles. The van der Waals surface area contributed by atoms with E-state index in [0.29, 0.717) is 11.3 Å². The standard InChI is InChI=1S/C3H4N4O3S3/c4-13(9,10)3-7-6-1(12-3)5-2(8)11/h(H2,4,9,10)(H2,5,6,8,11). The molecule has 1 aromatic rings. The molecule has 0 fully saturated rings. The lowest BCUT2D eigenvalue weighted by Crippen LogP contribution is -2.11. The van der Waals surface area contributed by atoms with E-state index >= 15 is 0 Å². The molecule has 3 N–H and O–H groups in total. The van der Waals surface area contributed by atoms with Crippen LogP contribution < -0.4 is 10.5 Å². The maximum absolute atomic E-state index is 10.7. The second-order valence-corrected chi connectivity index (χ2v) is 4.97. The summed E-state index contributed by atoms with van der Waals surface area (Å²) >= 11 is 4.05. The number of carbonyl (C=O) groups excluding carboxylic acids is 1. The van der Waals surface area contributed by atoms with Crippen LogP contribution in [0.1, 0.15) is 0 Å². The minimum Gasteiger partial charge on any atom is -0.291 e. The molecule has 0 aliphatic carbocycles. The molecule has 0 aromatic carbocycles. The normalized spacial score (nSPS) is 11.2. The van der Waals surface area contributed by atoms with Crippen LogP contribution in [-0.4, -0.2) is 23.9 Å². The summed E-state index contributed by atoms with van der Waals surface area (Å²) in [5, 5.41) is 12.9. The van der Waals surface area contributed by atoms with Crippen LogP contribution in [0, 0.1) is 0 Å². The highest BCUT2D eigenvalue weighted by atomic mass is 32.2. The number of primary sulfonamides is 1. The van der Waals surface area contributed by atoms with Gasteiger partial charge in [-0.3, -0.25) is 10.1 Å². The number of hydrogen-bond acceptors (Lipinski definition) is 6. The number of sulfonamides is 1. The van der Waals surface area contributed by atoms with E-state index in [1.165, 1.54) is 0 Å². The fourth-order valence-electron chi connectivity index (χ4n) is 0.467. The first-order chi connectivity index (χ1) is 5.89. The SMILES string of the molecule is NS(=O)(=O)c1nnc(NC(=O)S)s1. The number of nitrogens with one attached hydrogen (secondary N) is 1. The highest BCUT2D eigenvalue weighted by Crippen LogP contribution is 2.18. The number of rotatable bonds is 2. The first-order valence-electron chi connectivity index (χ1n) is 2.76. The Bertz CT molecular complexity index is 423. The van der Waals surface area contributed by atoms with Gasteiger partial charge in [-0.05, 0) is 0 Å². The van der Waals surface area contributed by atoms with Crippen molar-refractivity contribution in [3.8, 4) is 0 Å². The predicted molar refractivity (Wildman–Crippen MR) is 49.3 cm³/mol. The highest BCUT2D eigenvalue weighted by molar-refractivity contribution is 7.97. The first kappa shape index (κ1) is 10.4. The van der Waals surface area contributed by atoms with Crippen LogP contribution in [0.4, 0.5) is 9.93 Å². The molecule has 0 atom stereocenters.